The summed E-state index contributed by atoms with van der Waals surface area (Å²) in [6.45, 7) is 8.31. The van der Waals surface area contributed by atoms with E-state index in [4.69, 9.17) is 0 Å². The molecule has 0 fully saturated rings. The Bertz CT molecular complexity index is 347. The third kappa shape index (κ3) is 1.09. The first-order chi connectivity index (χ1) is 5.84. The number of aliphatic hydroxyl groups is 1. The Balaban J connectivity index is 2.57. The molecule has 0 aromatic carbocycles. The summed E-state index contributed by atoms with van der Waals surface area (Å²) in [4.78, 5) is 2.67. The summed E-state index contributed by atoms with van der Waals surface area (Å²) in [5.74, 6) is 0. The van der Waals surface area contributed by atoms with E-state index in [9.17, 15) is 5.11 Å². The van der Waals surface area contributed by atoms with Crippen molar-refractivity contribution in [3.8, 4) is 0 Å². The molecule has 1 aromatic rings. The van der Waals surface area contributed by atoms with Crippen molar-refractivity contribution in [3.05, 3.63) is 21.4 Å². The third-order valence-corrected chi connectivity index (χ3v) is 4.43. The van der Waals surface area contributed by atoms with Crippen LogP contribution in [0.25, 0.3) is 0 Å². The predicted octanol–water partition coefficient (Wildman–Crippen LogP) is 2.85. The number of hydrogen-bond donors (Lipinski definition) is 1. The van der Waals surface area contributed by atoms with Gasteiger partial charge in [0, 0.05) is 15.2 Å². The molecule has 0 bridgehead atoms. The molecular formula is C11H16OS. The van der Waals surface area contributed by atoms with Gasteiger partial charge in [0.2, 0.25) is 0 Å². The molecule has 1 aliphatic carbocycles. The van der Waals surface area contributed by atoms with E-state index in [-0.39, 0.29) is 5.41 Å². The summed E-state index contributed by atoms with van der Waals surface area (Å²) < 4.78 is 0. The number of thiophene rings is 1. The largest absolute Gasteiger partial charge is 0.385 e. The van der Waals surface area contributed by atoms with Crippen molar-refractivity contribution < 1.29 is 5.11 Å². The van der Waals surface area contributed by atoms with Crippen LogP contribution in [-0.4, -0.2) is 5.11 Å². The number of hydrogen-bond acceptors (Lipinski definition) is 2. The molecule has 0 spiro atoms. The van der Waals surface area contributed by atoms with E-state index in [1.165, 1.54) is 9.75 Å². The van der Waals surface area contributed by atoms with Gasteiger partial charge in [-0.2, -0.15) is 0 Å². The number of aryl methyl sites for hydroxylation is 1. The summed E-state index contributed by atoms with van der Waals surface area (Å²) in [6.07, 6.45) is 1.01. The van der Waals surface area contributed by atoms with Crippen molar-refractivity contribution >= 4 is 11.3 Å². The van der Waals surface area contributed by atoms with E-state index in [0.717, 1.165) is 12.0 Å². The summed E-state index contributed by atoms with van der Waals surface area (Å²) in [6, 6.07) is 2.13. The molecular weight excluding hydrogens is 180 g/mol. The molecule has 1 heterocycles. The highest BCUT2D eigenvalue weighted by atomic mass is 32.1. The van der Waals surface area contributed by atoms with E-state index in [1.54, 1.807) is 0 Å². The lowest BCUT2D eigenvalue weighted by atomic mass is 9.77. The van der Waals surface area contributed by atoms with Gasteiger partial charge >= 0.3 is 0 Å². The fourth-order valence-corrected chi connectivity index (χ4v) is 3.41. The van der Waals surface area contributed by atoms with E-state index >= 15 is 0 Å². The molecule has 1 atom stereocenters. The molecule has 1 N–H and O–H groups in total. The summed E-state index contributed by atoms with van der Waals surface area (Å²) in [7, 11) is 0. The van der Waals surface area contributed by atoms with Crippen molar-refractivity contribution in [3.63, 3.8) is 0 Å². The minimum absolute atomic E-state index is 0.0120. The van der Waals surface area contributed by atoms with Crippen LogP contribution in [0.2, 0.25) is 0 Å². The van der Waals surface area contributed by atoms with Gasteiger partial charge in [-0.3, -0.25) is 0 Å². The van der Waals surface area contributed by atoms with Gasteiger partial charge in [0.25, 0.3) is 0 Å². The zero-order valence-electron chi connectivity index (χ0n) is 8.64. The predicted molar refractivity (Wildman–Crippen MR) is 56.1 cm³/mol. The highest BCUT2D eigenvalue weighted by molar-refractivity contribution is 7.12. The van der Waals surface area contributed by atoms with Crippen molar-refractivity contribution in [2.24, 2.45) is 5.41 Å². The maximum Gasteiger partial charge on any atom is 0.0933 e. The standard InChI is InChI=1S/C11H16OS/c1-7-5-8-9(13-7)6-10(2,3)11(8,4)12/h5,12H,6H2,1-4H3. The maximum atomic E-state index is 10.4. The average molecular weight is 196 g/mol. The molecule has 1 aromatic heterocycles. The molecule has 0 aliphatic heterocycles. The molecule has 13 heavy (non-hydrogen) atoms. The zero-order valence-corrected chi connectivity index (χ0v) is 9.46. The Kier molecular flexibility index (Phi) is 1.68. The van der Waals surface area contributed by atoms with Gasteiger partial charge in [-0.15, -0.1) is 11.3 Å². The Morgan fingerprint density at radius 3 is 2.54 bits per heavy atom. The van der Waals surface area contributed by atoms with Crippen LogP contribution >= 0.6 is 11.3 Å². The lowest BCUT2D eigenvalue weighted by Crippen LogP contribution is -2.35. The van der Waals surface area contributed by atoms with E-state index < -0.39 is 5.60 Å². The molecule has 0 amide bonds. The van der Waals surface area contributed by atoms with Crippen molar-refractivity contribution in [2.75, 3.05) is 0 Å². The second-order valence-electron chi connectivity index (χ2n) is 4.83. The second-order valence-corrected chi connectivity index (χ2v) is 6.17. The first kappa shape index (κ1) is 9.22. The molecule has 0 radical (unpaired) electrons. The molecule has 2 rings (SSSR count). The van der Waals surface area contributed by atoms with Gasteiger partial charge < -0.3 is 5.11 Å². The Hall–Kier alpha value is -0.340. The Morgan fingerprint density at radius 2 is 2.00 bits per heavy atom. The van der Waals surface area contributed by atoms with Gasteiger partial charge in [-0.05, 0) is 31.9 Å². The minimum atomic E-state index is -0.646. The maximum absolute atomic E-state index is 10.4. The first-order valence-corrected chi connectivity index (χ1v) is 5.48. The van der Waals surface area contributed by atoms with Crippen LogP contribution in [0.15, 0.2) is 6.07 Å². The topological polar surface area (TPSA) is 20.2 Å². The van der Waals surface area contributed by atoms with Crippen LogP contribution in [0.3, 0.4) is 0 Å². The first-order valence-electron chi connectivity index (χ1n) is 4.67. The number of fused-ring (bicyclic) bond motifs is 1. The van der Waals surface area contributed by atoms with Crippen LogP contribution in [0.5, 0.6) is 0 Å². The monoisotopic (exact) mass is 196 g/mol. The normalized spacial score (nSPS) is 30.5. The van der Waals surface area contributed by atoms with Gasteiger partial charge in [-0.1, -0.05) is 13.8 Å². The van der Waals surface area contributed by atoms with Crippen LogP contribution < -0.4 is 0 Å². The SMILES string of the molecule is Cc1cc2c(s1)CC(C)(C)C2(C)O. The van der Waals surface area contributed by atoms with E-state index in [2.05, 4.69) is 26.8 Å². The highest BCUT2D eigenvalue weighted by Gasteiger charge is 2.48. The van der Waals surface area contributed by atoms with Crippen molar-refractivity contribution in [2.45, 2.75) is 39.7 Å². The Morgan fingerprint density at radius 1 is 1.38 bits per heavy atom. The summed E-state index contributed by atoms with van der Waals surface area (Å²) in [5.41, 5.74) is 0.495. The van der Waals surface area contributed by atoms with Crippen LogP contribution in [0, 0.1) is 12.3 Å². The molecule has 2 heteroatoms. The van der Waals surface area contributed by atoms with Crippen LogP contribution in [0.4, 0.5) is 0 Å². The van der Waals surface area contributed by atoms with Gasteiger partial charge in [0.15, 0.2) is 0 Å². The lowest BCUT2D eigenvalue weighted by molar-refractivity contribution is -0.0420. The smallest absolute Gasteiger partial charge is 0.0933 e. The summed E-state index contributed by atoms with van der Waals surface area (Å²) >= 11 is 1.82. The molecule has 1 unspecified atom stereocenters. The van der Waals surface area contributed by atoms with E-state index in [1.807, 2.05) is 18.3 Å². The molecule has 0 saturated heterocycles. The van der Waals surface area contributed by atoms with Gasteiger partial charge in [-0.25, -0.2) is 0 Å². The third-order valence-electron chi connectivity index (χ3n) is 3.38. The fourth-order valence-electron chi connectivity index (χ4n) is 2.04. The fraction of sp³-hybridized carbons (Fsp3) is 0.636. The average Bonchev–Trinajstić information content (AvgIpc) is 2.35. The number of rotatable bonds is 0. The van der Waals surface area contributed by atoms with Gasteiger partial charge in [0.05, 0.1) is 5.60 Å². The second kappa shape index (κ2) is 2.37. The molecule has 1 nitrogen and oxygen atoms in total. The molecule has 0 saturated carbocycles. The van der Waals surface area contributed by atoms with Crippen LogP contribution in [-0.2, 0) is 12.0 Å². The molecule has 1 aliphatic rings. The summed E-state index contributed by atoms with van der Waals surface area (Å²) in [5, 5.41) is 10.4. The van der Waals surface area contributed by atoms with Crippen LogP contribution in [0.1, 0.15) is 36.1 Å². The lowest BCUT2D eigenvalue weighted by Gasteiger charge is -2.33. The highest BCUT2D eigenvalue weighted by Crippen LogP contribution is 2.52. The quantitative estimate of drug-likeness (QED) is 0.676. The molecule has 72 valence electrons. The zero-order chi connectivity index (χ0) is 9.85. The Labute approximate surface area is 83.4 Å². The van der Waals surface area contributed by atoms with Gasteiger partial charge in [0.1, 0.15) is 0 Å². The van der Waals surface area contributed by atoms with Crippen molar-refractivity contribution in [1.29, 1.82) is 0 Å². The van der Waals surface area contributed by atoms with E-state index in [0.29, 0.717) is 0 Å². The minimum Gasteiger partial charge on any atom is -0.385 e. The van der Waals surface area contributed by atoms with Crippen molar-refractivity contribution in [1.82, 2.24) is 0 Å².